The molecule has 0 unspecified atom stereocenters. The van der Waals surface area contributed by atoms with Crippen LogP contribution in [-0.2, 0) is 19.5 Å². The van der Waals surface area contributed by atoms with Crippen LogP contribution in [0, 0.1) is 0 Å². The molecule has 27 heavy (non-hydrogen) atoms. The highest BCUT2D eigenvalue weighted by Crippen LogP contribution is 2.33. The van der Waals surface area contributed by atoms with E-state index >= 15 is 0 Å². The van der Waals surface area contributed by atoms with Crippen LogP contribution in [0.5, 0.6) is 11.5 Å². The number of aliphatic imine (C=N–C) groups is 1. The van der Waals surface area contributed by atoms with Gasteiger partial charge in [-0.2, -0.15) is 0 Å². The van der Waals surface area contributed by atoms with Crippen LogP contribution in [-0.4, -0.2) is 54.3 Å². The van der Waals surface area contributed by atoms with Crippen LogP contribution in [0.2, 0.25) is 0 Å². The molecule has 7 nitrogen and oxygen atoms in total. The fourth-order valence-corrected chi connectivity index (χ4v) is 3.18. The molecular formula is C19H28IN5O2. The molecule has 0 aliphatic carbocycles. The maximum Gasteiger partial charge on any atom is 0.194 e. The summed E-state index contributed by atoms with van der Waals surface area (Å²) in [5.74, 6) is 2.52. The number of ether oxygens (including phenoxy) is 2. The quantitative estimate of drug-likeness (QED) is 0.387. The van der Waals surface area contributed by atoms with Gasteiger partial charge in [0.05, 0.1) is 27.1 Å². The van der Waals surface area contributed by atoms with Gasteiger partial charge in [0.15, 0.2) is 17.5 Å². The van der Waals surface area contributed by atoms with Gasteiger partial charge in [0.25, 0.3) is 0 Å². The Balaban J connectivity index is 0.00000261. The molecule has 3 rings (SSSR count). The maximum absolute atomic E-state index is 5.45. The lowest BCUT2D eigenvalue weighted by Crippen LogP contribution is -2.44. The van der Waals surface area contributed by atoms with Crippen LogP contribution in [0.3, 0.4) is 0 Å². The Labute approximate surface area is 177 Å². The lowest BCUT2D eigenvalue weighted by Gasteiger charge is -2.32. The smallest absolute Gasteiger partial charge is 0.194 e. The van der Waals surface area contributed by atoms with Crippen molar-refractivity contribution < 1.29 is 9.47 Å². The summed E-state index contributed by atoms with van der Waals surface area (Å²) >= 11 is 0. The van der Waals surface area contributed by atoms with E-state index in [-0.39, 0.29) is 24.0 Å². The van der Waals surface area contributed by atoms with Gasteiger partial charge in [-0.3, -0.25) is 4.99 Å². The lowest BCUT2D eigenvalue weighted by atomic mass is 9.99. The number of benzene rings is 1. The molecule has 148 valence electrons. The second-order valence-electron chi connectivity index (χ2n) is 6.18. The molecule has 0 bridgehead atoms. The molecule has 1 aromatic carbocycles. The molecule has 1 aliphatic rings. The molecule has 0 atom stereocenters. The van der Waals surface area contributed by atoms with E-state index < -0.39 is 0 Å². The highest BCUT2D eigenvalue weighted by molar-refractivity contribution is 14.0. The Morgan fingerprint density at radius 2 is 1.96 bits per heavy atom. The zero-order valence-electron chi connectivity index (χ0n) is 16.1. The molecule has 2 aromatic rings. The first-order valence-electron chi connectivity index (χ1n) is 8.98. The SMILES string of the molecule is CCNC(=NCCn1ccnc1)N1CCc2cc(OC)c(OC)cc2C1.I. The van der Waals surface area contributed by atoms with Gasteiger partial charge in [-0.25, -0.2) is 4.98 Å². The molecule has 1 N–H and O–H groups in total. The van der Waals surface area contributed by atoms with E-state index in [0.717, 1.165) is 50.1 Å². The first kappa shape index (κ1) is 21.3. The summed E-state index contributed by atoms with van der Waals surface area (Å²) in [6.45, 7) is 6.22. The number of guanidine groups is 1. The Bertz CT molecular complexity index is 749. The van der Waals surface area contributed by atoms with Crippen molar-refractivity contribution in [3.63, 3.8) is 0 Å². The minimum atomic E-state index is 0. The summed E-state index contributed by atoms with van der Waals surface area (Å²) in [4.78, 5) is 11.2. The Morgan fingerprint density at radius 3 is 2.59 bits per heavy atom. The largest absolute Gasteiger partial charge is 0.493 e. The predicted molar refractivity (Wildman–Crippen MR) is 117 cm³/mol. The monoisotopic (exact) mass is 485 g/mol. The second kappa shape index (κ2) is 10.4. The average Bonchev–Trinajstić information content (AvgIpc) is 3.19. The molecule has 0 spiro atoms. The minimum absolute atomic E-state index is 0. The van der Waals surface area contributed by atoms with Crippen molar-refractivity contribution in [1.82, 2.24) is 19.8 Å². The van der Waals surface area contributed by atoms with Gasteiger partial charge in [-0.1, -0.05) is 0 Å². The number of hydrogen-bond acceptors (Lipinski definition) is 4. The highest BCUT2D eigenvalue weighted by atomic mass is 127. The van der Waals surface area contributed by atoms with E-state index in [9.17, 15) is 0 Å². The van der Waals surface area contributed by atoms with Gasteiger partial charge in [0.1, 0.15) is 0 Å². The molecule has 2 heterocycles. The molecule has 1 aliphatic heterocycles. The summed E-state index contributed by atoms with van der Waals surface area (Å²) in [6, 6.07) is 4.17. The molecular weight excluding hydrogens is 457 g/mol. The lowest BCUT2D eigenvalue weighted by molar-refractivity contribution is 0.346. The van der Waals surface area contributed by atoms with Gasteiger partial charge >= 0.3 is 0 Å². The van der Waals surface area contributed by atoms with Crippen molar-refractivity contribution in [2.75, 3.05) is 33.9 Å². The van der Waals surface area contributed by atoms with Crippen LogP contribution in [0.15, 0.2) is 35.8 Å². The number of methoxy groups -OCH3 is 2. The molecule has 0 radical (unpaired) electrons. The number of imidazole rings is 1. The molecule has 0 saturated heterocycles. The van der Waals surface area contributed by atoms with E-state index in [1.165, 1.54) is 11.1 Å². The minimum Gasteiger partial charge on any atom is -0.493 e. The van der Waals surface area contributed by atoms with Crippen molar-refractivity contribution in [2.45, 2.75) is 26.4 Å². The predicted octanol–water partition coefficient (Wildman–Crippen LogP) is 2.54. The number of aromatic nitrogens is 2. The number of halogens is 1. The van der Waals surface area contributed by atoms with Crippen LogP contribution in [0.1, 0.15) is 18.1 Å². The number of hydrogen-bond donors (Lipinski definition) is 1. The molecule has 1 aromatic heterocycles. The topological polar surface area (TPSA) is 63.9 Å². The van der Waals surface area contributed by atoms with Gasteiger partial charge in [-0.15, -0.1) is 24.0 Å². The van der Waals surface area contributed by atoms with E-state index in [1.807, 2.05) is 17.1 Å². The number of fused-ring (bicyclic) bond motifs is 1. The fraction of sp³-hybridized carbons (Fsp3) is 0.474. The van der Waals surface area contributed by atoms with Crippen LogP contribution in [0.25, 0.3) is 0 Å². The fourth-order valence-electron chi connectivity index (χ4n) is 3.18. The van der Waals surface area contributed by atoms with Crippen molar-refractivity contribution in [3.05, 3.63) is 42.0 Å². The molecule has 8 heteroatoms. The Hall–Kier alpha value is -1.97. The van der Waals surface area contributed by atoms with Crippen LogP contribution < -0.4 is 14.8 Å². The van der Waals surface area contributed by atoms with Crippen LogP contribution in [0.4, 0.5) is 0 Å². The van der Waals surface area contributed by atoms with Gasteiger partial charge in [-0.05, 0) is 36.6 Å². The van der Waals surface area contributed by atoms with E-state index in [0.29, 0.717) is 6.54 Å². The third-order valence-electron chi connectivity index (χ3n) is 4.53. The standard InChI is InChI=1S/C19H27N5O2.HI/c1-4-21-19(22-7-10-23-9-6-20-14-23)24-8-5-15-11-17(25-2)18(26-3)12-16(15)13-24;/h6,9,11-12,14H,4-5,7-8,10,13H2,1-3H3,(H,21,22);1H. The van der Waals surface area contributed by atoms with Crippen LogP contribution >= 0.6 is 24.0 Å². The summed E-state index contributed by atoms with van der Waals surface area (Å²) in [6.07, 6.45) is 6.53. The van der Waals surface area contributed by atoms with Crippen molar-refractivity contribution >= 4 is 29.9 Å². The summed E-state index contributed by atoms with van der Waals surface area (Å²) in [7, 11) is 3.35. The van der Waals surface area contributed by atoms with Crippen molar-refractivity contribution in [3.8, 4) is 11.5 Å². The van der Waals surface area contributed by atoms with Crippen molar-refractivity contribution in [1.29, 1.82) is 0 Å². The zero-order valence-corrected chi connectivity index (χ0v) is 18.5. The first-order chi connectivity index (χ1) is 12.7. The van der Waals surface area contributed by atoms with Gasteiger partial charge in [0.2, 0.25) is 0 Å². The zero-order chi connectivity index (χ0) is 18.4. The van der Waals surface area contributed by atoms with Crippen molar-refractivity contribution in [2.24, 2.45) is 4.99 Å². The second-order valence-corrected chi connectivity index (χ2v) is 6.18. The average molecular weight is 485 g/mol. The first-order valence-corrected chi connectivity index (χ1v) is 8.98. The maximum atomic E-state index is 5.45. The van der Waals surface area contributed by atoms with E-state index in [1.54, 1.807) is 20.4 Å². The number of nitrogens with zero attached hydrogens (tertiary/aromatic N) is 4. The summed E-state index contributed by atoms with van der Waals surface area (Å²) < 4.78 is 12.9. The van der Waals surface area contributed by atoms with E-state index in [4.69, 9.17) is 14.5 Å². The van der Waals surface area contributed by atoms with E-state index in [2.05, 4.69) is 34.3 Å². The molecule has 0 amide bonds. The van der Waals surface area contributed by atoms with Gasteiger partial charge < -0.3 is 24.3 Å². The number of rotatable bonds is 6. The highest BCUT2D eigenvalue weighted by Gasteiger charge is 2.21. The molecule has 0 fully saturated rings. The van der Waals surface area contributed by atoms with Gasteiger partial charge in [0, 0.05) is 38.6 Å². The molecule has 0 saturated carbocycles. The third-order valence-corrected chi connectivity index (χ3v) is 4.53. The summed E-state index contributed by atoms with van der Waals surface area (Å²) in [5.41, 5.74) is 2.57. The Morgan fingerprint density at radius 1 is 1.22 bits per heavy atom. The summed E-state index contributed by atoms with van der Waals surface area (Å²) in [5, 5.41) is 3.41. The third kappa shape index (κ3) is 5.27. The Kier molecular flexibility index (Phi) is 8.21. The number of nitrogens with one attached hydrogen (secondary N) is 1. The normalized spacial score (nSPS) is 13.6.